The van der Waals surface area contributed by atoms with Crippen molar-refractivity contribution in [2.24, 2.45) is 5.14 Å². The second kappa shape index (κ2) is 5.16. The van der Waals surface area contributed by atoms with Crippen molar-refractivity contribution < 1.29 is 8.42 Å². The number of hydrogen-bond donors (Lipinski definition) is 1. The second-order valence-corrected chi connectivity index (χ2v) is 6.72. The van der Waals surface area contributed by atoms with Gasteiger partial charge in [-0.2, -0.15) is 0 Å². The number of rotatable bonds is 3. The van der Waals surface area contributed by atoms with Crippen LogP contribution in [0.2, 0.25) is 5.02 Å². The molecule has 0 aliphatic carbocycles. The number of benzene rings is 1. The molecule has 0 spiro atoms. The molecule has 0 saturated heterocycles. The minimum atomic E-state index is -3.93. The fourth-order valence-electron chi connectivity index (χ4n) is 2.00. The number of primary sulfonamides is 1. The van der Waals surface area contributed by atoms with E-state index in [1.807, 2.05) is 32.9 Å². The first kappa shape index (κ1) is 15.0. The SMILES string of the molecule is Cc1cc(Cl)cc(-c2nnc(S(N)(=O)=O)n2C(C)C)c1. The molecule has 20 heavy (non-hydrogen) atoms. The van der Waals surface area contributed by atoms with E-state index in [2.05, 4.69) is 10.2 Å². The van der Waals surface area contributed by atoms with Gasteiger partial charge in [0, 0.05) is 16.6 Å². The van der Waals surface area contributed by atoms with Crippen LogP contribution < -0.4 is 5.14 Å². The van der Waals surface area contributed by atoms with Crippen LogP contribution in [0.15, 0.2) is 23.4 Å². The molecule has 1 heterocycles. The maximum Gasteiger partial charge on any atom is 0.273 e. The largest absolute Gasteiger partial charge is 0.294 e. The minimum Gasteiger partial charge on any atom is -0.294 e. The van der Waals surface area contributed by atoms with Crippen molar-refractivity contribution in [3.63, 3.8) is 0 Å². The molecule has 1 aromatic carbocycles. The quantitative estimate of drug-likeness (QED) is 0.939. The smallest absolute Gasteiger partial charge is 0.273 e. The lowest BCUT2D eigenvalue weighted by molar-refractivity contribution is 0.524. The first-order valence-corrected chi connectivity index (χ1v) is 7.88. The Kier molecular flexibility index (Phi) is 3.86. The van der Waals surface area contributed by atoms with E-state index in [1.165, 1.54) is 4.57 Å². The summed E-state index contributed by atoms with van der Waals surface area (Å²) in [6.45, 7) is 5.56. The van der Waals surface area contributed by atoms with Gasteiger partial charge in [-0.05, 0) is 44.5 Å². The number of nitrogens with two attached hydrogens (primary N) is 1. The summed E-state index contributed by atoms with van der Waals surface area (Å²) in [6, 6.07) is 5.22. The van der Waals surface area contributed by atoms with Gasteiger partial charge in [-0.3, -0.25) is 4.57 Å². The van der Waals surface area contributed by atoms with Crippen LogP contribution in [0.3, 0.4) is 0 Å². The molecule has 2 rings (SSSR count). The van der Waals surface area contributed by atoms with Gasteiger partial charge in [-0.1, -0.05) is 11.6 Å². The molecule has 0 bridgehead atoms. The number of aryl methyl sites for hydroxylation is 1. The van der Waals surface area contributed by atoms with Crippen molar-refractivity contribution in [1.29, 1.82) is 0 Å². The van der Waals surface area contributed by atoms with Crippen molar-refractivity contribution in [3.8, 4) is 11.4 Å². The second-order valence-electron chi connectivity index (χ2n) is 4.83. The maximum atomic E-state index is 11.6. The highest BCUT2D eigenvalue weighted by atomic mass is 35.5. The van der Waals surface area contributed by atoms with E-state index in [0.717, 1.165) is 5.56 Å². The van der Waals surface area contributed by atoms with E-state index in [-0.39, 0.29) is 11.2 Å². The number of halogens is 1. The van der Waals surface area contributed by atoms with E-state index in [4.69, 9.17) is 16.7 Å². The summed E-state index contributed by atoms with van der Waals surface area (Å²) < 4.78 is 24.6. The average molecular weight is 315 g/mol. The zero-order valence-electron chi connectivity index (χ0n) is 11.3. The molecule has 1 aromatic heterocycles. The monoisotopic (exact) mass is 314 g/mol. The van der Waals surface area contributed by atoms with Crippen molar-refractivity contribution in [2.75, 3.05) is 0 Å². The molecule has 2 aromatic rings. The molecule has 0 unspecified atom stereocenters. The Hall–Kier alpha value is -1.44. The van der Waals surface area contributed by atoms with Crippen molar-refractivity contribution in [3.05, 3.63) is 28.8 Å². The minimum absolute atomic E-state index is 0.160. The molecule has 6 nitrogen and oxygen atoms in total. The maximum absolute atomic E-state index is 11.6. The molecule has 0 saturated carbocycles. The highest BCUT2D eigenvalue weighted by molar-refractivity contribution is 7.89. The Balaban J connectivity index is 2.72. The Morgan fingerprint density at radius 1 is 1.25 bits per heavy atom. The van der Waals surface area contributed by atoms with Crippen LogP contribution in [0.1, 0.15) is 25.5 Å². The van der Waals surface area contributed by atoms with Crippen molar-refractivity contribution in [1.82, 2.24) is 14.8 Å². The third-order valence-electron chi connectivity index (χ3n) is 2.74. The van der Waals surface area contributed by atoms with Crippen molar-refractivity contribution in [2.45, 2.75) is 32.0 Å². The fourth-order valence-corrected chi connectivity index (χ4v) is 3.01. The molecule has 8 heteroatoms. The third kappa shape index (κ3) is 2.84. The summed E-state index contributed by atoms with van der Waals surface area (Å²) >= 11 is 6.03. The van der Waals surface area contributed by atoms with Gasteiger partial charge in [0.05, 0.1) is 0 Å². The zero-order chi connectivity index (χ0) is 15.1. The van der Waals surface area contributed by atoms with Crippen LogP contribution in [0.25, 0.3) is 11.4 Å². The molecular weight excluding hydrogens is 300 g/mol. The molecule has 0 aliphatic heterocycles. The lowest BCUT2D eigenvalue weighted by atomic mass is 10.1. The molecule has 2 N–H and O–H groups in total. The van der Waals surface area contributed by atoms with Crippen LogP contribution in [0.5, 0.6) is 0 Å². The first-order chi connectivity index (χ1) is 9.20. The predicted molar refractivity (Wildman–Crippen MR) is 77.0 cm³/mol. The fraction of sp³-hybridized carbons (Fsp3) is 0.333. The predicted octanol–water partition coefficient (Wildman–Crippen LogP) is 2.14. The van der Waals surface area contributed by atoms with Gasteiger partial charge in [0.15, 0.2) is 5.82 Å². The summed E-state index contributed by atoms with van der Waals surface area (Å²) in [5.74, 6) is 0.426. The van der Waals surface area contributed by atoms with Crippen LogP contribution in [-0.4, -0.2) is 23.2 Å². The average Bonchev–Trinajstić information content (AvgIpc) is 2.71. The summed E-state index contributed by atoms with van der Waals surface area (Å²) in [5.41, 5.74) is 1.65. The normalized spacial score (nSPS) is 12.1. The van der Waals surface area contributed by atoms with E-state index in [0.29, 0.717) is 16.4 Å². The van der Waals surface area contributed by atoms with Gasteiger partial charge in [-0.25, -0.2) is 13.6 Å². The Labute approximate surface area is 122 Å². The van der Waals surface area contributed by atoms with Gasteiger partial charge in [0.2, 0.25) is 0 Å². The van der Waals surface area contributed by atoms with E-state index < -0.39 is 10.0 Å². The number of aromatic nitrogens is 3. The van der Waals surface area contributed by atoms with E-state index in [1.54, 1.807) is 6.07 Å². The summed E-state index contributed by atoms with van der Waals surface area (Å²) in [4.78, 5) is 0. The Bertz CT molecular complexity index is 733. The summed E-state index contributed by atoms with van der Waals surface area (Å²) in [5, 5.41) is 13.1. The standard InChI is InChI=1S/C12H15ClN4O2S/c1-7(2)17-11(15-16-12(17)20(14,18)19)9-4-8(3)5-10(13)6-9/h4-7H,1-3H3,(H2,14,18,19). The first-order valence-electron chi connectivity index (χ1n) is 5.95. The van der Waals surface area contributed by atoms with Gasteiger partial charge >= 0.3 is 0 Å². The lowest BCUT2D eigenvalue weighted by Gasteiger charge is -2.13. The van der Waals surface area contributed by atoms with E-state index >= 15 is 0 Å². The molecule has 0 fully saturated rings. The highest BCUT2D eigenvalue weighted by Gasteiger charge is 2.23. The number of nitrogens with zero attached hydrogens (tertiary/aromatic N) is 3. The summed E-state index contributed by atoms with van der Waals surface area (Å²) in [7, 11) is -3.93. The third-order valence-corrected chi connectivity index (χ3v) is 3.74. The Morgan fingerprint density at radius 2 is 1.90 bits per heavy atom. The van der Waals surface area contributed by atoms with Gasteiger partial charge in [0.1, 0.15) is 0 Å². The van der Waals surface area contributed by atoms with Crippen molar-refractivity contribution >= 4 is 21.6 Å². The summed E-state index contributed by atoms with van der Waals surface area (Å²) in [6.07, 6.45) is 0. The highest BCUT2D eigenvalue weighted by Crippen LogP contribution is 2.27. The van der Waals surface area contributed by atoms with Gasteiger partial charge in [-0.15, -0.1) is 10.2 Å². The molecule has 0 atom stereocenters. The zero-order valence-corrected chi connectivity index (χ0v) is 12.9. The molecule has 108 valence electrons. The van der Waals surface area contributed by atoms with E-state index in [9.17, 15) is 8.42 Å². The van der Waals surface area contributed by atoms with Crippen LogP contribution in [0.4, 0.5) is 0 Å². The Morgan fingerprint density at radius 3 is 2.40 bits per heavy atom. The van der Waals surface area contributed by atoms with Gasteiger partial charge < -0.3 is 0 Å². The molecular formula is C12H15ClN4O2S. The number of sulfonamides is 1. The molecule has 0 radical (unpaired) electrons. The van der Waals surface area contributed by atoms with Crippen LogP contribution in [-0.2, 0) is 10.0 Å². The van der Waals surface area contributed by atoms with Crippen LogP contribution >= 0.6 is 11.6 Å². The van der Waals surface area contributed by atoms with Gasteiger partial charge in [0.25, 0.3) is 15.2 Å². The lowest BCUT2D eigenvalue weighted by Crippen LogP contribution is -2.20. The van der Waals surface area contributed by atoms with Crippen LogP contribution in [0, 0.1) is 6.92 Å². The molecule has 0 aliphatic rings. The number of hydrogen-bond acceptors (Lipinski definition) is 4. The molecule has 0 amide bonds. The topological polar surface area (TPSA) is 90.9 Å².